The van der Waals surface area contributed by atoms with Crippen molar-refractivity contribution in [2.45, 2.75) is 6.04 Å². The van der Waals surface area contributed by atoms with Crippen LogP contribution in [0.5, 0.6) is 11.5 Å². The minimum absolute atomic E-state index is 0.320. The molecule has 2 N–H and O–H groups in total. The predicted molar refractivity (Wildman–Crippen MR) is 79.7 cm³/mol. The first-order valence-electron chi connectivity index (χ1n) is 6.00. The Kier molecular flexibility index (Phi) is 4.62. The van der Waals surface area contributed by atoms with E-state index in [2.05, 4.69) is 15.9 Å². The minimum atomic E-state index is -0.490. The first-order valence-corrected chi connectivity index (χ1v) is 6.79. The van der Waals surface area contributed by atoms with Crippen molar-refractivity contribution in [2.24, 2.45) is 5.73 Å². The van der Waals surface area contributed by atoms with Gasteiger partial charge in [0.05, 0.1) is 25.8 Å². The number of nitrogens with two attached hydrogens (primary N) is 1. The highest BCUT2D eigenvalue weighted by atomic mass is 79.9. The average molecular weight is 340 g/mol. The molecule has 2 aromatic carbocycles. The van der Waals surface area contributed by atoms with Crippen LogP contribution in [0.3, 0.4) is 0 Å². The summed E-state index contributed by atoms with van der Waals surface area (Å²) in [5.74, 6) is 0.945. The molecule has 20 heavy (non-hydrogen) atoms. The lowest BCUT2D eigenvalue weighted by molar-refractivity contribution is 0.382. The zero-order valence-corrected chi connectivity index (χ0v) is 12.8. The largest absolute Gasteiger partial charge is 0.496 e. The predicted octanol–water partition coefficient (Wildman–Crippen LogP) is 3.65. The summed E-state index contributed by atoms with van der Waals surface area (Å²) >= 11 is 3.34. The fourth-order valence-electron chi connectivity index (χ4n) is 2.10. The molecule has 0 aromatic heterocycles. The third-order valence-electron chi connectivity index (χ3n) is 3.07. The number of ether oxygens (including phenoxy) is 2. The van der Waals surface area contributed by atoms with Crippen molar-refractivity contribution < 1.29 is 13.9 Å². The second-order valence-corrected chi connectivity index (χ2v) is 5.07. The maximum atomic E-state index is 13.2. The van der Waals surface area contributed by atoms with Gasteiger partial charge in [-0.25, -0.2) is 4.39 Å². The van der Waals surface area contributed by atoms with E-state index in [0.29, 0.717) is 16.0 Å². The maximum Gasteiger partial charge on any atom is 0.127 e. The van der Waals surface area contributed by atoms with Gasteiger partial charge in [-0.15, -0.1) is 0 Å². The monoisotopic (exact) mass is 339 g/mol. The topological polar surface area (TPSA) is 44.5 Å². The summed E-state index contributed by atoms with van der Waals surface area (Å²) in [6.07, 6.45) is 0. The van der Waals surface area contributed by atoms with Crippen LogP contribution in [0.1, 0.15) is 17.2 Å². The first-order chi connectivity index (χ1) is 9.58. The number of hydrogen-bond donors (Lipinski definition) is 1. The van der Waals surface area contributed by atoms with Gasteiger partial charge in [-0.05, 0) is 29.8 Å². The van der Waals surface area contributed by atoms with E-state index in [0.717, 1.165) is 11.1 Å². The number of rotatable bonds is 4. The zero-order valence-electron chi connectivity index (χ0n) is 11.2. The van der Waals surface area contributed by atoms with Gasteiger partial charge in [-0.3, -0.25) is 0 Å². The van der Waals surface area contributed by atoms with Crippen molar-refractivity contribution >= 4 is 15.9 Å². The lowest BCUT2D eigenvalue weighted by Crippen LogP contribution is -2.15. The summed E-state index contributed by atoms with van der Waals surface area (Å²) in [6.45, 7) is 0. The minimum Gasteiger partial charge on any atom is -0.496 e. The van der Waals surface area contributed by atoms with Gasteiger partial charge in [0.2, 0.25) is 0 Å². The Balaban J connectivity index is 2.55. The molecule has 2 aromatic rings. The quantitative estimate of drug-likeness (QED) is 0.924. The Labute approximate surface area is 125 Å². The van der Waals surface area contributed by atoms with E-state index in [1.165, 1.54) is 12.1 Å². The molecule has 1 atom stereocenters. The highest BCUT2D eigenvalue weighted by Crippen LogP contribution is 2.38. The van der Waals surface area contributed by atoms with Gasteiger partial charge < -0.3 is 15.2 Å². The first kappa shape index (κ1) is 14.8. The number of methoxy groups -OCH3 is 2. The van der Waals surface area contributed by atoms with Crippen LogP contribution >= 0.6 is 15.9 Å². The molecule has 0 radical (unpaired) electrons. The van der Waals surface area contributed by atoms with Crippen molar-refractivity contribution in [1.29, 1.82) is 0 Å². The Hall–Kier alpha value is -1.59. The van der Waals surface area contributed by atoms with Crippen LogP contribution in [0.2, 0.25) is 0 Å². The van der Waals surface area contributed by atoms with E-state index in [-0.39, 0.29) is 5.82 Å². The lowest BCUT2D eigenvalue weighted by Gasteiger charge is -2.20. The molecule has 2 rings (SSSR count). The molecule has 0 saturated heterocycles. The molecule has 0 aliphatic carbocycles. The zero-order chi connectivity index (χ0) is 14.7. The Morgan fingerprint density at radius 2 is 1.70 bits per heavy atom. The molecule has 3 nitrogen and oxygen atoms in total. The van der Waals surface area contributed by atoms with E-state index in [9.17, 15) is 4.39 Å². The normalized spacial score (nSPS) is 12.1. The van der Waals surface area contributed by atoms with Crippen LogP contribution in [0.25, 0.3) is 0 Å². The fourth-order valence-corrected chi connectivity index (χ4v) is 2.69. The van der Waals surface area contributed by atoms with Crippen molar-refractivity contribution in [3.05, 3.63) is 57.8 Å². The van der Waals surface area contributed by atoms with Gasteiger partial charge in [-0.1, -0.05) is 28.1 Å². The molecule has 1 unspecified atom stereocenters. The van der Waals surface area contributed by atoms with Gasteiger partial charge >= 0.3 is 0 Å². The third-order valence-corrected chi connectivity index (χ3v) is 3.76. The van der Waals surface area contributed by atoms with Crippen molar-refractivity contribution in [3.8, 4) is 11.5 Å². The van der Waals surface area contributed by atoms with Crippen molar-refractivity contribution in [2.75, 3.05) is 14.2 Å². The highest BCUT2D eigenvalue weighted by Gasteiger charge is 2.21. The molecular weight excluding hydrogens is 325 g/mol. The standard InChI is InChI=1S/C15H15BrFNO2/c1-19-12-4-3-5-13(20-2)14(12)15(18)10-7-6-9(17)8-11(10)16/h3-8,15H,18H2,1-2H3. The molecule has 0 aliphatic heterocycles. The fraction of sp³-hybridized carbons (Fsp3) is 0.200. The Morgan fingerprint density at radius 3 is 2.20 bits per heavy atom. The Bertz CT molecular complexity index is 597. The van der Waals surface area contributed by atoms with Crippen LogP contribution in [-0.2, 0) is 0 Å². The van der Waals surface area contributed by atoms with Crippen LogP contribution in [0.4, 0.5) is 4.39 Å². The lowest BCUT2D eigenvalue weighted by atomic mass is 9.97. The van der Waals surface area contributed by atoms with Gasteiger partial charge in [0.1, 0.15) is 17.3 Å². The van der Waals surface area contributed by atoms with Gasteiger partial charge in [0.25, 0.3) is 0 Å². The maximum absolute atomic E-state index is 13.2. The van der Waals surface area contributed by atoms with E-state index in [1.54, 1.807) is 20.3 Å². The van der Waals surface area contributed by atoms with E-state index in [4.69, 9.17) is 15.2 Å². The van der Waals surface area contributed by atoms with Crippen LogP contribution < -0.4 is 15.2 Å². The summed E-state index contributed by atoms with van der Waals surface area (Å²) in [6, 6.07) is 9.38. The second kappa shape index (κ2) is 6.24. The summed E-state index contributed by atoms with van der Waals surface area (Å²) in [5, 5.41) is 0. The Morgan fingerprint density at radius 1 is 1.10 bits per heavy atom. The molecule has 0 heterocycles. The van der Waals surface area contributed by atoms with Crippen LogP contribution in [0.15, 0.2) is 40.9 Å². The molecule has 0 spiro atoms. The highest BCUT2D eigenvalue weighted by molar-refractivity contribution is 9.10. The smallest absolute Gasteiger partial charge is 0.127 e. The number of benzene rings is 2. The van der Waals surface area contributed by atoms with E-state index >= 15 is 0 Å². The van der Waals surface area contributed by atoms with Crippen molar-refractivity contribution in [3.63, 3.8) is 0 Å². The number of hydrogen-bond acceptors (Lipinski definition) is 3. The van der Waals surface area contributed by atoms with Crippen molar-refractivity contribution in [1.82, 2.24) is 0 Å². The molecular formula is C15H15BrFNO2. The van der Waals surface area contributed by atoms with Crippen LogP contribution in [-0.4, -0.2) is 14.2 Å². The molecule has 106 valence electrons. The number of halogens is 2. The molecule has 0 bridgehead atoms. The molecule has 0 amide bonds. The molecule has 0 saturated carbocycles. The summed E-state index contributed by atoms with van der Waals surface area (Å²) < 4.78 is 24.5. The molecule has 5 heteroatoms. The summed E-state index contributed by atoms with van der Waals surface area (Å²) in [7, 11) is 3.15. The SMILES string of the molecule is COc1cccc(OC)c1C(N)c1ccc(F)cc1Br. The molecule has 0 fully saturated rings. The second-order valence-electron chi connectivity index (χ2n) is 4.22. The van der Waals surface area contributed by atoms with E-state index in [1.807, 2.05) is 18.2 Å². The average Bonchev–Trinajstić information content (AvgIpc) is 2.45. The summed E-state index contributed by atoms with van der Waals surface area (Å²) in [4.78, 5) is 0. The molecule has 0 aliphatic rings. The van der Waals surface area contributed by atoms with Gasteiger partial charge in [0.15, 0.2) is 0 Å². The van der Waals surface area contributed by atoms with E-state index < -0.39 is 6.04 Å². The summed E-state index contributed by atoms with van der Waals surface area (Å²) in [5.41, 5.74) is 7.79. The van der Waals surface area contributed by atoms with Gasteiger partial charge in [0, 0.05) is 4.47 Å². The van der Waals surface area contributed by atoms with Gasteiger partial charge in [-0.2, -0.15) is 0 Å². The van der Waals surface area contributed by atoms with Crippen LogP contribution in [0, 0.1) is 5.82 Å². The third kappa shape index (κ3) is 2.78.